The van der Waals surface area contributed by atoms with E-state index in [9.17, 15) is 9.18 Å². The number of nitrogens with one attached hydrogen (secondary N) is 2. The van der Waals surface area contributed by atoms with Crippen LogP contribution in [0, 0.1) is 5.82 Å². The second-order valence-electron chi connectivity index (χ2n) is 4.55. The van der Waals surface area contributed by atoms with Crippen LogP contribution in [0.15, 0.2) is 24.3 Å². The van der Waals surface area contributed by atoms with Gasteiger partial charge in [-0.05, 0) is 43.4 Å². The summed E-state index contributed by atoms with van der Waals surface area (Å²) in [7, 11) is 0. The molecule has 1 aliphatic carbocycles. The highest BCUT2D eigenvalue weighted by molar-refractivity contribution is 8.00. The van der Waals surface area contributed by atoms with E-state index in [0.717, 1.165) is 6.54 Å². The predicted octanol–water partition coefficient (Wildman–Crippen LogP) is 2.25. The van der Waals surface area contributed by atoms with E-state index in [0.29, 0.717) is 17.0 Å². The standard InChI is InChI=1S/C13H17FN2OS/c1-18-13(6-7-13)9-15-8-12(17)16-11-4-2-10(14)3-5-11/h2-5,15H,6-9H2,1H3,(H,16,17). The average Bonchev–Trinajstić information content (AvgIpc) is 3.13. The summed E-state index contributed by atoms with van der Waals surface area (Å²) in [4.78, 5) is 11.6. The Bertz CT molecular complexity index is 418. The number of hydrogen-bond acceptors (Lipinski definition) is 3. The van der Waals surface area contributed by atoms with Crippen molar-refractivity contribution in [3.05, 3.63) is 30.1 Å². The third-order valence-electron chi connectivity index (χ3n) is 3.10. The predicted molar refractivity (Wildman–Crippen MR) is 73.4 cm³/mol. The Morgan fingerprint density at radius 2 is 2.06 bits per heavy atom. The normalized spacial score (nSPS) is 16.3. The number of amides is 1. The van der Waals surface area contributed by atoms with E-state index in [1.165, 1.54) is 25.0 Å². The summed E-state index contributed by atoms with van der Waals surface area (Å²) >= 11 is 1.86. The zero-order chi connectivity index (χ0) is 13.0. The second kappa shape index (κ2) is 5.71. The first-order valence-corrected chi connectivity index (χ1v) is 7.17. The average molecular weight is 268 g/mol. The van der Waals surface area contributed by atoms with E-state index in [-0.39, 0.29) is 11.7 Å². The van der Waals surface area contributed by atoms with Gasteiger partial charge in [0, 0.05) is 17.0 Å². The van der Waals surface area contributed by atoms with Crippen molar-refractivity contribution in [3.8, 4) is 0 Å². The Morgan fingerprint density at radius 3 is 2.61 bits per heavy atom. The van der Waals surface area contributed by atoms with Crippen LogP contribution in [-0.4, -0.2) is 30.0 Å². The molecule has 0 radical (unpaired) electrons. The first-order valence-electron chi connectivity index (χ1n) is 5.95. The summed E-state index contributed by atoms with van der Waals surface area (Å²) in [5.74, 6) is -0.403. The maximum atomic E-state index is 12.7. The fourth-order valence-corrected chi connectivity index (χ4v) is 2.49. The van der Waals surface area contributed by atoms with E-state index in [4.69, 9.17) is 0 Å². The quantitative estimate of drug-likeness (QED) is 0.831. The molecule has 1 aliphatic rings. The topological polar surface area (TPSA) is 41.1 Å². The van der Waals surface area contributed by atoms with Crippen LogP contribution >= 0.6 is 11.8 Å². The molecule has 1 saturated carbocycles. The zero-order valence-corrected chi connectivity index (χ0v) is 11.1. The lowest BCUT2D eigenvalue weighted by molar-refractivity contribution is -0.115. The van der Waals surface area contributed by atoms with E-state index in [2.05, 4.69) is 16.9 Å². The van der Waals surface area contributed by atoms with Gasteiger partial charge >= 0.3 is 0 Å². The van der Waals surface area contributed by atoms with Crippen LogP contribution in [0.5, 0.6) is 0 Å². The maximum absolute atomic E-state index is 12.7. The molecule has 5 heteroatoms. The van der Waals surface area contributed by atoms with Crippen LogP contribution < -0.4 is 10.6 Å². The molecule has 0 unspecified atom stereocenters. The maximum Gasteiger partial charge on any atom is 0.238 e. The number of benzene rings is 1. The Morgan fingerprint density at radius 1 is 1.39 bits per heavy atom. The first kappa shape index (κ1) is 13.4. The lowest BCUT2D eigenvalue weighted by atomic mass is 10.3. The third kappa shape index (κ3) is 3.71. The van der Waals surface area contributed by atoms with Crippen LogP contribution in [0.3, 0.4) is 0 Å². The van der Waals surface area contributed by atoms with Gasteiger partial charge in [-0.3, -0.25) is 4.79 Å². The molecule has 0 aliphatic heterocycles. The van der Waals surface area contributed by atoms with E-state index in [1.54, 1.807) is 12.1 Å². The molecule has 3 nitrogen and oxygen atoms in total. The summed E-state index contributed by atoms with van der Waals surface area (Å²) < 4.78 is 13.0. The minimum absolute atomic E-state index is 0.0986. The molecule has 98 valence electrons. The van der Waals surface area contributed by atoms with Gasteiger partial charge < -0.3 is 10.6 Å². The van der Waals surface area contributed by atoms with Crippen LogP contribution in [0.2, 0.25) is 0 Å². The van der Waals surface area contributed by atoms with Gasteiger partial charge in [0.2, 0.25) is 5.91 Å². The Balaban J connectivity index is 1.70. The molecular formula is C13H17FN2OS. The van der Waals surface area contributed by atoms with Crippen molar-refractivity contribution in [1.82, 2.24) is 5.32 Å². The molecule has 2 N–H and O–H groups in total. The van der Waals surface area contributed by atoms with Gasteiger partial charge in [-0.2, -0.15) is 11.8 Å². The summed E-state index contributed by atoms with van der Waals surface area (Å²) in [6.07, 6.45) is 4.55. The van der Waals surface area contributed by atoms with Crippen molar-refractivity contribution in [1.29, 1.82) is 0 Å². The van der Waals surface area contributed by atoms with Crippen LogP contribution in [0.1, 0.15) is 12.8 Å². The monoisotopic (exact) mass is 268 g/mol. The highest BCUT2D eigenvalue weighted by Gasteiger charge is 2.41. The first-order chi connectivity index (χ1) is 8.63. The molecular weight excluding hydrogens is 251 g/mol. The molecule has 1 aromatic carbocycles. The molecule has 0 saturated heterocycles. The van der Waals surface area contributed by atoms with Gasteiger partial charge in [0.15, 0.2) is 0 Å². The van der Waals surface area contributed by atoms with Crippen molar-refractivity contribution < 1.29 is 9.18 Å². The van der Waals surface area contributed by atoms with Gasteiger partial charge in [-0.25, -0.2) is 4.39 Å². The van der Waals surface area contributed by atoms with Crippen LogP contribution in [-0.2, 0) is 4.79 Å². The molecule has 0 bridgehead atoms. The second-order valence-corrected chi connectivity index (χ2v) is 5.82. The lowest BCUT2D eigenvalue weighted by Gasteiger charge is -2.12. The van der Waals surface area contributed by atoms with Gasteiger partial charge in [0.05, 0.1) is 6.54 Å². The summed E-state index contributed by atoms with van der Waals surface area (Å²) in [5, 5.41) is 5.88. The molecule has 0 aromatic heterocycles. The summed E-state index contributed by atoms with van der Waals surface area (Å²) in [6.45, 7) is 1.16. The van der Waals surface area contributed by atoms with Gasteiger partial charge in [0.25, 0.3) is 0 Å². The number of carbonyl (C=O) groups excluding carboxylic acids is 1. The largest absolute Gasteiger partial charge is 0.325 e. The molecule has 0 spiro atoms. The van der Waals surface area contributed by atoms with Crippen molar-refractivity contribution in [2.45, 2.75) is 17.6 Å². The molecule has 1 fully saturated rings. The number of thioether (sulfide) groups is 1. The van der Waals surface area contributed by atoms with Gasteiger partial charge in [-0.1, -0.05) is 0 Å². The molecule has 0 heterocycles. The van der Waals surface area contributed by atoms with Crippen molar-refractivity contribution >= 4 is 23.4 Å². The fourth-order valence-electron chi connectivity index (χ4n) is 1.73. The number of halogens is 1. The van der Waals surface area contributed by atoms with Gasteiger partial charge in [-0.15, -0.1) is 0 Å². The zero-order valence-electron chi connectivity index (χ0n) is 10.3. The SMILES string of the molecule is CSC1(CNCC(=O)Nc2ccc(F)cc2)CC1. The fraction of sp³-hybridized carbons (Fsp3) is 0.462. The smallest absolute Gasteiger partial charge is 0.238 e. The molecule has 18 heavy (non-hydrogen) atoms. The van der Waals surface area contributed by atoms with Crippen molar-refractivity contribution in [2.75, 3.05) is 24.7 Å². The van der Waals surface area contributed by atoms with E-state index >= 15 is 0 Å². The Kier molecular flexibility index (Phi) is 4.24. The Hall–Kier alpha value is -1.07. The Labute approximate surface area is 111 Å². The third-order valence-corrected chi connectivity index (χ3v) is 4.52. The minimum atomic E-state index is -0.304. The van der Waals surface area contributed by atoms with Crippen LogP contribution in [0.25, 0.3) is 0 Å². The van der Waals surface area contributed by atoms with E-state index < -0.39 is 0 Å². The van der Waals surface area contributed by atoms with Crippen LogP contribution in [0.4, 0.5) is 10.1 Å². The molecule has 1 aromatic rings. The number of carbonyl (C=O) groups is 1. The minimum Gasteiger partial charge on any atom is -0.325 e. The van der Waals surface area contributed by atoms with Crippen molar-refractivity contribution in [3.63, 3.8) is 0 Å². The highest BCUT2D eigenvalue weighted by Crippen LogP contribution is 2.46. The number of hydrogen-bond donors (Lipinski definition) is 2. The molecule has 2 rings (SSSR count). The highest BCUT2D eigenvalue weighted by atomic mass is 32.2. The lowest BCUT2D eigenvalue weighted by Crippen LogP contribution is -2.33. The van der Waals surface area contributed by atoms with Gasteiger partial charge in [0.1, 0.15) is 5.82 Å². The molecule has 0 atom stereocenters. The molecule has 1 amide bonds. The number of anilines is 1. The van der Waals surface area contributed by atoms with Crippen molar-refractivity contribution in [2.24, 2.45) is 0 Å². The summed E-state index contributed by atoms with van der Waals surface area (Å²) in [5.41, 5.74) is 0.620. The summed E-state index contributed by atoms with van der Waals surface area (Å²) in [6, 6.07) is 5.76. The van der Waals surface area contributed by atoms with E-state index in [1.807, 2.05) is 11.8 Å². The number of rotatable bonds is 6.